The molecule has 1 aromatic rings. The van der Waals surface area contributed by atoms with E-state index >= 15 is 0 Å². The molecular weight excluding hydrogens is 238 g/mol. The lowest BCUT2D eigenvalue weighted by Gasteiger charge is -2.16. The van der Waals surface area contributed by atoms with Crippen LogP contribution in [0.1, 0.15) is 46.1 Å². The Kier molecular flexibility index (Phi) is 5.87. The Morgan fingerprint density at radius 3 is 2.37 bits per heavy atom. The molecule has 0 bridgehead atoms. The molecule has 0 heterocycles. The third kappa shape index (κ3) is 5.77. The zero-order chi connectivity index (χ0) is 14.3. The summed E-state index contributed by atoms with van der Waals surface area (Å²) in [5.74, 6) is -0.169. The second kappa shape index (κ2) is 7.17. The van der Waals surface area contributed by atoms with E-state index in [1.165, 1.54) is 12.8 Å². The molecule has 0 saturated heterocycles. The first-order valence-corrected chi connectivity index (χ1v) is 6.93. The van der Waals surface area contributed by atoms with Crippen LogP contribution in [0.3, 0.4) is 0 Å². The molecule has 0 fully saturated rings. The highest BCUT2D eigenvalue weighted by Gasteiger charge is 2.22. The van der Waals surface area contributed by atoms with E-state index in [4.69, 9.17) is 4.74 Å². The molecule has 0 aromatic heterocycles. The number of carbonyl (C=O) groups excluding carboxylic acids is 1. The molecule has 0 aliphatic rings. The van der Waals surface area contributed by atoms with Gasteiger partial charge in [0.15, 0.2) is 0 Å². The predicted molar refractivity (Wildman–Crippen MR) is 79.1 cm³/mol. The van der Waals surface area contributed by atoms with Crippen LogP contribution in [0.25, 0.3) is 0 Å². The Bertz CT molecular complexity index is 390. The minimum atomic E-state index is -0.443. The van der Waals surface area contributed by atoms with Gasteiger partial charge in [-0.2, -0.15) is 0 Å². The van der Waals surface area contributed by atoms with E-state index in [2.05, 4.69) is 12.2 Å². The number of rotatable bonds is 6. The van der Waals surface area contributed by atoms with E-state index in [9.17, 15) is 4.79 Å². The minimum absolute atomic E-state index is 0.169. The SMILES string of the molecule is CCCCNc1ccc(COC(=O)C(C)(C)C)cc1. The summed E-state index contributed by atoms with van der Waals surface area (Å²) in [6.07, 6.45) is 2.36. The zero-order valence-electron chi connectivity index (χ0n) is 12.5. The number of unbranched alkanes of at least 4 members (excludes halogenated alkanes) is 1. The lowest BCUT2D eigenvalue weighted by atomic mass is 9.97. The Labute approximate surface area is 116 Å². The maximum absolute atomic E-state index is 11.6. The van der Waals surface area contributed by atoms with Crippen molar-refractivity contribution < 1.29 is 9.53 Å². The summed E-state index contributed by atoms with van der Waals surface area (Å²) in [5.41, 5.74) is 1.68. The molecule has 0 aliphatic heterocycles. The van der Waals surface area contributed by atoms with Gasteiger partial charge in [0.1, 0.15) is 6.61 Å². The number of benzene rings is 1. The van der Waals surface area contributed by atoms with Gasteiger partial charge in [0.05, 0.1) is 5.41 Å². The second-order valence-electron chi connectivity index (χ2n) is 5.80. The highest BCUT2D eigenvalue weighted by molar-refractivity contribution is 5.75. The molecule has 3 nitrogen and oxygen atoms in total. The van der Waals surface area contributed by atoms with Gasteiger partial charge in [-0.15, -0.1) is 0 Å². The molecule has 0 spiro atoms. The normalized spacial score (nSPS) is 11.2. The summed E-state index contributed by atoms with van der Waals surface area (Å²) in [6, 6.07) is 8.03. The average molecular weight is 263 g/mol. The van der Waals surface area contributed by atoms with Gasteiger partial charge in [-0.1, -0.05) is 25.5 Å². The molecule has 0 saturated carbocycles. The Morgan fingerprint density at radius 2 is 1.84 bits per heavy atom. The highest BCUT2D eigenvalue weighted by atomic mass is 16.5. The van der Waals surface area contributed by atoms with Crippen molar-refractivity contribution in [2.75, 3.05) is 11.9 Å². The van der Waals surface area contributed by atoms with Crippen molar-refractivity contribution in [3.8, 4) is 0 Å². The molecule has 0 radical (unpaired) electrons. The lowest BCUT2D eigenvalue weighted by molar-refractivity contribution is -0.154. The Hall–Kier alpha value is -1.51. The predicted octanol–water partition coefficient (Wildman–Crippen LogP) is 3.99. The van der Waals surface area contributed by atoms with Crippen molar-refractivity contribution in [2.24, 2.45) is 5.41 Å². The van der Waals surface area contributed by atoms with Crippen molar-refractivity contribution in [1.29, 1.82) is 0 Å². The van der Waals surface area contributed by atoms with Crippen LogP contribution in [0.2, 0.25) is 0 Å². The van der Waals surface area contributed by atoms with E-state index in [-0.39, 0.29) is 5.97 Å². The number of hydrogen-bond donors (Lipinski definition) is 1. The topological polar surface area (TPSA) is 38.3 Å². The molecule has 19 heavy (non-hydrogen) atoms. The number of hydrogen-bond acceptors (Lipinski definition) is 3. The van der Waals surface area contributed by atoms with Gasteiger partial charge in [0.2, 0.25) is 0 Å². The fourth-order valence-electron chi connectivity index (χ4n) is 1.49. The van der Waals surface area contributed by atoms with Crippen LogP contribution in [0.4, 0.5) is 5.69 Å². The van der Waals surface area contributed by atoms with Crippen molar-refractivity contribution in [3.05, 3.63) is 29.8 Å². The van der Waals surface area contributed by atoms with Crippen LogP contribution in [0.15, 0.2) is 24.3 Å². The Balaban J connectivity index is 2.42. The molecule has 1 rings (SSSR count). The van der Waals surface area contributed by atoms with Crippen LogP contribution in [-0.4, -0.2) is 12.5 Å². The molecule has 106 valence electrons. The van der Waals surface area contributed by atoms with Crippen molar-refractivity contribution >= 4 is 11.7 Å². The summed E-state index contributed by atoms with van der Waals surface area (Å²) in [7, 11) is 0. The van der Waals surface area contributed by atoms with Crippen molar-refractivity contribution in [1.82, 2.24) is 0 Å². The first-order valence-electron chi connectivity index (χ1n) is 6.93. The van der Waals surface area contributed by atoms with Crippen LogP contribution in [-0.2, 0) is 16.1 Å². The number of ether oxygens (including phenoxy) is 1. The van der Waals surface area contributed by atoms with E-state index in [0.717, 1.165) is 17.8 Å². The fraction of sp³-hybridized carbons (Fsp3) is 0.562. The van der Waals surface area contributed by atoms with Crippen molar-refractivity contribution in [3.63, 3.8) is 0 Å². The Morgan fingerprint density at radius 1 is 1.21 bits per heavy atom. The van der Waals surface area contributed by atoms with Crippen molar-refractivity contribution in [2.45, 2.75) is 47.1 Å². The molecule has 0 unspecified atom stereocenters. The summed E-state index contributed by atoms with van der Waals surface area (Å²) >= 11 is 0. The number of nitrogens with one attached hydrogen (secondary N) is 1. The van der Waals surface area contributed by atoms with Crippen LogP contribution in [0, 0.1) is 5.41 Å². The summed E-state index contributed by atoms with van der Waals surface area (Å²) < 4.78 is 5.27. The molecule has 0 atom stereocenters. The standard InChI is InChI=1S/C16H25NO2/c1-5-6-11-17-14-9-7-13(8-10-14)12-19-15(18)16(2,3)4/h7-10,17H,5-6,11-12H2,1-4H3. The molecular formula is C16H25NO2. The summed E-state index contributed by atoms with van der Waals surface area (Å²) in [5, 5.41) is 3.35. The monoisotopic (exact) mass is 263 g/mol. The minimum Gasteiger partial charge on any atom is -0.460 e. The quantitative estimate of drug-likeness (QED) is 0.623. The number of carbonyl (C=O) groups is 1. The third-order valence-electron chi connectivity index (χ3n) is 2.80. The van der Waals surface area contributed by atoms with Crippen LogP contribution < -0.4 is 5.32 Å². The summed E-state index contributed by atoms with van der Waals surface area (Å²) in [4.78, 5) is 11.6. The first-order chi connectivity index (χ1) is 8.93. The number of anilines is 1. The van der Waals surface area contributed by atoms with Gasteiger partial charge in [-0.05, 0) is 44.9 Å². The number of esters is 1. The van der Waals surface area contributed by atoms with Gasteiger partial charge in [0, 0.05) is 12.2 Å². The molecule has 3 heteroatoms. The maximum Gasteiger partial charge on any atom is 0.311 e. The molecule has 0 aliphatic carbocycles. The molecule has 1 aromatic carbocycles. The second-order valence-corrected chi connectivity index (χ2v) is 5.80. The van der Waals surface area contributed by atoms with Gasteiger partial charge < -0.3 is 10.1 Å². The molecule has 1 N–H and O–H groups in total. The van der Waals surface area contributed by atoms with Gasteiger partial charge in [-0.25, -0.2) is 0 Å². The lowest BCUT2D eigenvalue weighted by Crippen LogP contribution is -2.22. The van der Waals surface area contributed by atoms with Gasteiger partial charge in [0.25, 0.3) is 0 Å². The van der Waals surface area contributed by atoms with E-state index < -0.39 is 5.41 Å². The van der Waals surface area contributed by atoms with Crippen LogP contribution in [0.5, 0.6) is 0 Å². The smallest absolute Gasteiger partial charge is 0.311 e. The highest BCUT2D eigenvalue weighted by Crippen LogP contribution is 2.17. The largest absolute Gasteiger partial charge is 0.460 e. The maximum atomic E-state index is 11.6. The third-order valence-corrected chi connectivity index (χ3v) is 2.80. The summed E-state index contributed by atoms with van der Waals surface area (Å²) in [6.45, 7) is 9.08. The van der Waals surface area contributed by atoms with Gasteiger partial charge in [-0.3, -0.25) is 4.79 Å². The van der Waals surface area contributed by atoms with E-state index in [0.29, 0.717) is 6.61 Å². The average Bonchev–Trinajstić information content (AvgIpc) is 2.36. The molecule has 0 amide bonds. The zero-order valence-corrected chi connectivity index (χ0v) is 12.5. The van der Waals surface area contributed by atoms with Gasteiger partial charge >= 0.3 is 5.97 Å². The van der Waals surface area contributed by atoms with E-state index in [1.807, 2.05) is 45.0 Å². The first kappa shape index (κ1) is 15.5. The van der Waals surface area contributed by atoms with Crippen LogP contribution >= 0.6 is 0 Å². The fourth-order valence-corrected chi connectivity index (χ4v) is 1.49. The van der Waals surface area contributed by atoms with E-state index in [1.54, 1.807) is 0 Å².